The summed E-state index contributed by atoms with van der Waals surface area (Å²) < 4.78 is 25.4. The number of aromatic nitrogens is 3. The highest BCUT2D eigenvalue weighted by molar-refractivity contribution is 7.90. The molecule has 2 atom stereocenters. The average molecular weight is 395 g/mol. The SMILES string of the molecule is CS(=O)(=O)c1ccc(-n2ncc3c2C[C@@H]2CC[C@@H]3N2Cc2cccnc2)cc1. The van der Waals surface area contributed by atoms with Crippen LogP contribution in [0.2, 0.25) is 0 Å². The zero-order chi connectivity index (χ0) is 19.3. The van der Waals surface area contributed by atoms with Gasteiger partial charge in [0.15, 0.2) is 9.84 Å². The molecule has 0 radical (unpaired) electrons. The molecule has 0 unspecified atom stereocenters. The van der Waals surface area contributed by atoms with E-state index in [2.05, 4.69) is 21.0 Å². The standard InChI is InChI=1S/C21H22N4O2S/c1-28(26,27)18-7-4-16(5-8-18)25-21-11-17-6-9-20(19(21)13-23-25)24(17)14-15-3-2-10-22-12-15/h2-5,7-8,10,12-13,17,20H,6,9,11,14H2,1H3/t17-,20-/m0/s1. The van der Waals surface area contributed by atoms with Crippen LogP contribution in [0.3, 0.4) is 0 Å². The molecule has 2 aliphatic rings. The molecule has 1 fully saturated rings. The van der Waals surface area contributed by atoms with Crippen LogP contribution in [0.15, 0.2) is 59.9 Å². The van der Waals surface area contributed by atoms with Gasteiger partial charge in [0.05, 0.1) is 22.5 Å². The van der Waals surface area contributed by atoms with Crippen molar-refractivity contribution in [3.63, 3.8) is 0 Å². The van der Waals surface area contributed by atoms with Crippen LogP contribution in [-0.4, -0.2) is 40.4 Å². The van der Waals surface area contributed by atoms with Crippen molar-refractivity contribution in [3.8, 4) is 5.69 Å². The second-order valence-corrected chi connectivity index (χ2v) is 9.72. The number of sulfone groups is 1. The van der Waals surface area contributed by atoms with Crippen LogP contribution in [0, 0.1) is 0 Å². The summed E-state index contributed by atoms with van der Waals surface area (Å²) in [6, 6.07) is 12.0. The highest BCUT2D eigenvalue weighted by Crippen LogP contribution is 2.44. The highest BCUT2D eigenvalue weighted by atomic mass is 32.2. The zero-order valence-electron chi connectivity index (χ0n) is 15.7. The second kappa shape index (κ2) is 6.53. The molecule has 0 spiro atoms. The molecule has 1 saturated heterocycles. The fourth-order valence-corrected chi connectivity index (χ4v) is 5.21. The molecule has 0 aliphatic carbocycles. The molecule has 1 aromatic carbocycles. The van der Waals surface area contributed by atoms with Crippen molar-refractivity contribution in [1.29, 1.82) is 0 Å². The minimum absolute atomic E-state index is 0.333. The molecule has 0 N–H and O–H groups in total. The Balaban J connectivity index is 1.46. The highest BCUT2D eigenvalue weighted by Gasteiger charge is 2.41. The van der Waals surface area contributed by atoms with Crippen LogP contribution in [0.4, 0.5) is 0 Å². The zero-order valence-corrected chi connectivity index (χ0v) is 16.5. The lowest BCUT2D eigenvalue weighted by Crippen LogP contribution is -2.37. The van der Waals surface area contributed by atoms with Gasteiger partial charge in [0.25, 0.3) is 0 Å². The number of hydrogen-bond acceptors (Lipinski definition) is 5. The summed E-state index contributed by atoms with van der Waals surface area (Å²) in [7, 11) is -3.19. The van der Waals surface area contributed by atoms with Gasteiger partial charge in [-0.25, -0.2) is 13.1 Å². The summed E-state index contributed by atoms with van der Waals surface area (Å²) >= 11 is 0. The largest absolute Gasteiger partial charge is 0.289 e. The molecule has 144 valence electrons. The van der Waals surface area contributed by atoms with Gasteiger partial charge in [-0.05, 0) is 48.7 Å². The van der Waals surface area contributed by atoms with Gasteiger partial charge in [0, 0.05) is 49.3 Å². The van der Waals surface area contributed by atoms with E-state index >= 15 is 0 Å². The molecule has 5 rings (SSSR count). The number of pyridine rings is 1. The lowest BCUT2D eigenvalue weighted by molar-refractivity contribution is 0.166. The Morgan fingerprint density at radius 3 is 2.64 bits per heavy atom. The number of hydrogen-bond donors (Lipinski definition) is 0. The van der Waals surface area contributed by atoms with E-state index in [0.29, 0.717) is 17.0 Å². The van der Waals surface area contributed by atoms with Crippen LogP contribution >= 0.6 is 0 Å². The molecule has 4 heterocycles. The third-order valence-corrected chi connectivity index (χ3v) is 7.06. The minimum Gasteiger partial charge on any atom is -0.289 e. The van der Waals surface area contributed by atoms with Crippen molar-refractivity contribution in [2.24, 2.45) is 0 Å². The van der Waals surface area contributed by atoms with Crippen LogP contribution in [0.25, 0.3) is 5.69 Å². The summed E-state index contributed by atoms with van der Waals surface area (Å²) in [6.45, 7) is 0.914. The number of rotatable bonds is 4. The smallest absolute Gasteiger partial charge is 0.175 e. The number of fused-ring (bicyclic) bond motifs is 4. The lowest BCUT2D eigenvalue weighted by atomic mass is 9.99. The fourth-order valence-electron chi connectivity index (χ4n) is 4.58. The molecule has 28 heavy (non-hydrogen) atoms. The fraction of sp³-hybridized carbons (Fsp3) is 0.333. The van der Waals surface area contributed by atoms with Gasteiger partial charge >= 0.3 is 0 Å². The van der Waals surface area contributed by atoms with Crippen LogP contribution in [0.5, 0.6) is 0 Å². The van der Waals surface area contributed by atoms with Crippen molar-refractivity contribution >= 4 is 9.84 Å². The molecule has 7 heteroatoms. The maximum atomic E-state index is 11.7. The van der Waals surface area contributed by atoms with Crippen LogP contribution in [-0.2, 0) is 22.8 Å². The third-order valence-electron chi connectivity index (χ3n) is 5.93. The summed E-state index contributed by atoms with van der Waals surface area (Å²) in [4.78, 5) is 7.16. The van der Waals surface area contributed by atoms with E-state index in [1.165, 1.54) is 29.5 Å². The Bertz CT molecular complexity index is 1110. The van der Waals surface area contributed by atoms with E-state index in [4.69, 9.17) is 0 Å². The minimum atomic E-state index is -3.19. The molecule has 3 aromatic rings. The molecular formula is C21H22N4O2S. The maximum Gasteiger partial charge on any atom is 0.175 e. The van der Waals surface area contributed by atoms with Crippen molar-refractivity contribution in [1.82, 2.24) is 19.7 Å². The first-order chi connectivity index (χ1) is 13.5. The second-order valence-electron chi connectivity index (χ2n) is 7.71. The van der Waals surface area contributed by atoms with E-state index < -0.39 is 9.84 Å². The van der Waals surface area contributed by atoms with E-state index in [-0.39, 0.29) is 0 Å². The van der Waals surface area contributed by atoms with Gasteiger partial charge in [-0.3, -0.25) is 9.88 Å². The Morgan fingerprint density at radius 2 is 1.93 bits per heavy atom. The summed E-state index contributed by atoms with van der Waals surface area (Å²) in [5.41, 5.74) is 4.70. The van der Waals surface area contributed by atoms with E-state index in [0.717, 1.165) is 25.1 Å². The number of benzene rings is 1. The van der Waals surface area contributed by atoms with E-state index in [9.17, 15) is 8.42 Å². The van der Waals surface area contributed by atoms with Gasteiger partial charge in [-0.2, -0.15) is 5.10 Å². The van der Waals surface area contributed by atoms with Crippen LogP contribution < -0.4 is 0 Å². The van der Waals surface area contributed by atoms with Crippen molar-refractivity contribution in [3.05, 3.63) is 71.8 Å². The molecule has 0 amide bonds. The van der Waals surface area contributed by atoms with Crippen LogP contribution in [0.1, 0.15) is 35.7 Å². The van der Waals surface area contributed by atoms with Crippen molar-refractivity contribution in [2.75, 3.05) is 6.26 Å². The van der Waals surface area contributed by atoms with Gasteiger partial charge in [0.2, 0.25) is 0 Å². The Morgan fingerprint density at radius 1 is 1.11 bits per heavy atom. The number of nitrogens with zero attached hydrogens (tertiary/aromatic N) is 4. The predicted molar refractivity (Wildman–Crippen MR) is 106 cm³/mol. The molecule has 2 aliphatic heterocycles. The Labute approximate surface area is 164 Å². The quantitative estimate of drug-likeness (QED) is 0.681. The molecule has 0 saturated carbocycles. The Kier molecular flexibility index (Phi) is 4.10. The van der Waals surface area contributed by atoms with Crippen molar-refractivity contribution in [2.45, 2.75) is 42.8 Å². The molecular weight excluding hydrogens is 372 g/mol. The van der Waals surface area contributed by atoms with E-state index in [1.807, 2.05) is 41.5 Å². The maximum absolute atomic E-state index is 11.7. The Hall–Kier alpha value is -2.51. The first-order valence-corrected chi connectivity index (χ1v) is 11.4. The first-order valence-electron chi connectivity index (χ1n) is 9.52. The van der Waals surface area contributed by atoms with Crippen molar-refractivity contribution < 1.29 is 8.42 Å². The molecule has 6 nitrogen and oxygen atoms in total. The van der Waals surface area contributed by atoms with Gasteiger partial charge < -0.3 is 0 Å². The normalized spacial score (nSPS) is 21.6. The monoisotopic (exact) mass is 394 g/mol. The lowest BCUT2D eigenvalue weighted by Gasteiger charge is -2.35. The van der Waals surface area contributed by atoms with Gasteiger partial charge in [-0.1, -0.05) is 6.07 Å². The third kappa shape index (κ3) is 2.95. The molecule has 2 aromatic heterocycles. The average Bonchev–Trinajstić information content (AvgIpc) is 3.22. The summed E-state index contributed by atoms with van der Waals surface area (Å²) in [5.74, 6) is 0. The van der Waals surface area contributed by atoms with E-state index in [1.54, 1.807) is 12.1 Å². The van der Waals surface area contributed by atoms with Gasteiger partial charge in [0.1, 0.15) is 0 Å². The first kappa shape index (κ1) is 17.6. The van der Waals surface area contributed by atoms with Gasteiger partial charge in [-0.15, -0.1) is 0 Å². The summed E-state index contributed by atoms with van der Waals surface area (Å²) in [5, 5.41) is 4.65. The molecule has 2 bridgehead atoms. The predicted octanol–water partition coefficient (Wildman–Crippen LogP) is 2.93. The topological polar surface area (TPSA) is 68.1 Å². The summed E-state index contributed by atoms with van der Waals surface area (Å²) in [6.07, 6.45) is 10.3.